The highest BCUT2D eigenvalue weighted by atomic mass is 16.1. The van der Waals surface area contributed by atoms with E-state index in [2.05, 4.69) is 50.8 Å². The molecule has 170 valence electrons. The molecule has 8 nitrogen and oxygen atoms in total. The minimum absolute atomic E-state index is 0.0862. The number of benzene rings is 2. The molecular formula is C25H29N7O. The predicted molar refractivity (Wildman–Crippen MR) is 131 cm³/mol. The molecule has 5 rings (SSSR count). The summed E-state index contributed by atoms with van der Waals surface area (Å²) >= 11 is 0. The van der Waals surface area contributed by atoms with E-state index < -0.39 is 0 Å². The number of nitrogens with one attached hydrogen (secondary N) is 2. The summed E-state index contributed by atoms with van der Waals surface area (Å²) in [6.45, 7) is 5.20. The van der Waals surface area contributed by atoms with Crippen LogP contribution in [0.3, 0.4) is 0 Å². The van der Waals surface area contributed by atoms with Crippen LogP contribution in [0.25, 0.3) is 16.7 Å². The lowest BCUT2D eigenvalue weighted by Crippen LogP contribution is -2.23. The summed E-state index contributed by atoms with van der Waals surface area (Å²) in [4.78, 5) is 24.4. The number of nitrogens with zero attached hydrogens (tertiary/aromatic N) is 5. The van der Waals surface area contributed by atoms with Crippen LogP contribution in [0.1, 0.15) is 23.6 Å². The van der Waals surface area contributed by atoms with Gasteiger partial charge in [-0.15, -0.1) is 0 Å². The van der Waals surface area contributed by atoms with Crippen molar-refractivity contribution >= 4 is 22.7 Å². The molecule has 0 saturated heterocycles. The second kappa shape index (κ2) is 8.80. The molecule has 4 aromatic rings. The Kier molecular flexibility index (Phi) is 5.70. The fourth-order valence-electron chi connectivity index (χ4n) is 4.48. The second-order valence-electron chi connectivity index (χ2n) is 8.71. The Morgan fingerprint density at radius 1 is 1.15 bits per heavy atom. The SMILES string of the molecule is CCn1c(=O)c2cnc(Nc3ccc4c(c3)CNCC4)nc2n1-c1cccc(CN(C)C)c1. The molecule has 1 aliphatic rings. The maximum Gasteiger partial charge on any atom is 0.278 e. The first-order valence-corrected chi connectivity index (χ1v) is 11.4. The number of hydrogen-bond acceptors (Lipinski definition) is 6. The number of hydrogen-bond donors (Lipinski definition) is 2. The van der Waals surface area contributed by atoms with Crippen molar-refractivity contribution in [3.05, 3.63) is 75.7 Å². The third kappa shape index (κ3) is 4.15. The average molecular weight is 444 g/mol. The average Bonchev–Trinajstić information content (AvgIpc) is 3.09. The Bertz CT molecular complexity index is 1370. The van der Waals surface area contributed by atoms with Crippen molar-refractivity contribution in [1.29, 1.82) is 0 Å². The Morgan fingerprint density at radius 3 is 2.85 bits per heavy atom. The van der Waals surface area contributed by atoms with Gasteiger partial charge in [0.2, 0.25) is 5.95 Å². The summed E-state index contributed by atoms with van der Waals surface area (Å²) in [7, 11) is 4.09. The lowest BCUT2D eigenvalue weighted by atomic mass is 10.0. The molecule has 1 aliphatic heterocycles. The lowest BCUT2D eigenvalue weighted by Gasteiger charge is -2.18. The van der Waals surface area contributed by atoms with Gasteiger partial charge in [-0.05, 0) is 74.9 Å². The molecular weight excluding hydrogens is 414 g/mol. The molecule has 0 bridgehead atoms. The van der Waals surface area contributed by atoms with E-state index in [1.54, 1.807) is 10.9 Å². The van der Waals surface area contributed by atoms with Gasteiger partial charge in [0.05, 0.1) is 5.69 Å². The van der Waals surface area contributed by atoms with Gasteiger partial charge in [-0.2, -0.15) is 4.98 Å². The van der Waals surface area contributed by atoms with Crippen LogP contribution in [0.2, 0.25) is 0 Å². The van der Waals surface area contributed by atoms with E-state index in [1.165, 1.54) is 16.7 Å². The number of aromatic nitrogens is 4. The largest absolute Gasteiger partial charge is 0.324 e. The van der Waals surface area contributed by atoms with Gasteiger partial charge in [0.15, 0.2) is 5.65 Å². The molecule has 0 spiro atoms. The van der Waals surface area contributed by atoms with E-state index in [4.69, 9.17) is 4.98 Å². The highest BCUT2D eigenvalue weighted by Gasteiger charge is 2.17. The molecule has 3 heterocycles. The third-order valence-electron chi connectivity index (χ3n) is 5.98. The smallest absolute Gasteiger partial charge is 0.278 e. The zero-order chi connectivity index (χ0) is 22.9. The summed E-state index contributed by atoms with van der Waals surface area (Å²) in [6, 6.07) is 14.6. The molecule has 0 fully saturated rings. The highest BCUT2D eigenvalue weighted by molar-refractivity contribution is 5.77. The van der Waals surface area contributed by atoms with Crippen LogP contribution in [-0.2, 0) is 26.1 Å². The molecule has 0 amide bonds. The van der Waals surface area contributed by atoms with Crippen LogP contribution in [-0.4, -0.2) is 44.9 Å². The Morgan fingerprint density at radius 2 is 2.03 bits per heavy atom. The first-order valence-electron chi connectivity index (χ1n) is 11.4. The molecule has 33 heavy (non-hydrogen) atoms. The van der Waals surface area contributed by atoms with E-state index in [0.29, 0.717) is 23.5 Å². The van der Waals surface area contributed by atoms with Gasteiger partial charge in [0.25, 0.3) is 5.56 Å². The minimum Gasteiger partial charge on any atom is -0.324 e. The van der Waals surface area contributed by atoms with Gasteiger partial charge < -0.3 is 15.5 Å². The number of anilines is 2. The number of rotatable bonds is 6. The predicted octanol–water partition coefficient (Wildman–Crippen LogP) is 3.05. The van der Waals surface area contributed by atoms with Crippen LogP contribution in [0.4, 0.5) is 11.6 Å². The van der Waals surface area contributed by atoms with Gasteiger partial charge in [-0.1, -0.05) is 18.2 Å². The van der Waals surface area contributed by atoms with Crippen molar-refractivity contribution < 1.29 is 0 Å². The zero-order valence-corrected chi connectivity index (χ0v) is 19.3. The minimum atomic E-state index is -0.0862. The van der Waals surface area contributed by atoms with E-state index >= 15 is 0 Å². The van der Waals surface area contributed by atoms with Gasteiger partial charge >= 0.3 is 0 Å². The van der Waals surface area contributed by atoms with Crippen LogP contribution in [0.15, 0.2) is 53.5 Å². The summed E-state index contributed by atoms with van der Waals surface area (Å²) in [5.74, 6) is 0.470. The van der Waals surface area contributed by atoms with Crippen molar-refractivity contribution in [2.24, 2.45) is 0 Å². The third-order valence-corrected chi connectivity index (χ3v) is 5.98. The molecule has 2 N–H and O–H groups in total. The van der Waals surface area contributed by atoms with Gasteiger partial charge in [-0.3, -0.25) is 4.79 Å². The molecule has 0 unspecified atom stereocenters. The van der Waals surface area contributed by atoms with Gasteiger partial charge in [-0.25, -0.2) is 14.3 Å². The van der Waals surface area contributed by atoms with E-state index in [9.17, 15) is 4.79 Å². The van der Waals surface area contributed by atoms with E-state index in [-0.39, 0.29) is 5.56 Å². The van der Waals surface area contributed by atoms with Crippen LogP contribution < -0.4 is 16.2 Å². The number of fused-ring (bicyclic) bond motifs is 2. The summed E-state index contributed by atoms with van der Waals surface area (Å²) < 4.78 is 3.61. The van der Waals surface area contributed by atoms with Crippen LogP contribution >= 0.6 is 0 Å². The van der Waals surface area contributed by atoms with Crippen molar-refractivity contribution in [1.82, 2.24) is 29.5 Å². The lowest BCUT2D eigenvalue weighted by molar-refractivity contribution is 0.402. The van der Waals surface area contributed by atoms with Crippen molar-refractivity contribution in [2.75, 3.05) is 26.0 Å². The molecule has 2 aromatic heterocycles. The van der Waals surface area contributed by atoms with Crippen LogP contribution in [0, 0.1) is 0 Å². The normalized spacial score (nSPS) is 13.5. The zero-order valence-electron chi connectivity index (χ0n) is 19.3. The quantitative estimate of drug-likeness (QED) is 0.477. The summed E-state index contributed by atoms with van der Waals surface area (Å²) in [5.41, 5.74) is 6.20. The van der Waals surface area contributed by atoms with Gasteiger partial charge in [0, 0.05) is 31.5 Å². The van der Waals surface area contributed by atoms with E-state index in [1.807, 2.05) is 37.8 Å². The Balaban J connectivity index is 1.57. The Labute approximate surface area is 192 Å². The fourth-order valence-corrected chi connectivity index (χ4v) is 4.48. The molecule has 0 radical (unpaired) electrons. The highest BCUT2D eigenvalue weighted by Crippen LogP contribution is 2.23. The molecule has 0 atom stereocenters. The first kappa shape index (κ1) is 21.4. The van der Waals surface area contributed by atoms with Crippen molar-refractivity contribution in [2.45, 2.75) is 33.0 Å². The second-order valence-corrected chi connectivity index (χ2v) is 8.71. The van der Waals surface area contributed by atoms with Gasteiger partial charge in [0.1, 0.15) is 5.39 Å². The molecule has 2 aromatic carbocycles. The molecule has 0 saturated carbocycles. The Hall–Kier alpha value is -3.49. The summed E-state index contributed by atoms with van der Waals surface area (Å²) in [6.07, 6.45) is 2.67. The maximum atomic E-state index is 13.1. The molecule has 0 aliphatic carbocycles. The standard InChI is InChI=1S/C25H29N7O/c1-4-31-24(33)22-15-27-25(28-20-9-8-18-10-11-26-14-19(18)13-20)29-23(22)32(31)21-7-5-6-17(12-21)16-30(2)3/h5-9,12-13,15,26H,4,10-11,14,16H2,1-3H3,(H,27,28,29). The van der Waals surface area contributed by atoms with Crippen molar-refractivity contribution in [3.8, 4) is 5.69 Å². The summed E-state index contributed by atoms with van der Waals surface area (Å²) in [5, 5.41) is 7.25. The molecule has 8 heteroatoms. The topological polar surface area (TPSA) is 80.0 Å². The van der Waals surface area contributed by atoms with Crippen LogP contribution in [0.5, 0.6) is 0 Å². The maximum absolute atomic E-state index is 13.1. The van der Waals surface area contributed by atoms with Crippen molar-refractivity contribution in [3.63, 3.8) is 0 Å². The monoisotopic (exact) mass is 443 g/mol. The first-order chi connectivity index (χ1) is 16.0. The van der Waals surface area contributed by atoms with E-state index in [0.717, 1.165) is 37.4 Å². The fraction of sp³-hybridized carbons (Fsp3) is 0.320.